The minimum absolute atomic E-state index is 0.740. The summed E-state index contributed by atoms with van der Waals surface area (Å²) in [6.07, 6.45) is 5.25. The lowest BCUT2D eigenvalue weighted by molar-refractivity contribution is 0.117. The second-order valence-corrected chi connectivity index (χ2v) is 4.47. The van der Waals surface area contributed by atoms with Gasteiger partial charge in [-0.15, -0.1) is 0 Å². The van der Waals surface area contributed by atoms with Gasteiger partial charge in [0.25, 0.3) is 0 Å². The van der Waals surface area contributed by atoms with Crippen LogP contribution in [-0.4, -0.2) is 19.2 Å². The van der Waals surface area contributed by atoms with Gasteiger partial charge in [0.1, 0.15) is 0 Å². The van der Waals surface area contributed by atoms with Crippen LogP contribution in [0.15, 0.2) is 30.3 Å². The first-order valence-corrected chi connectivity index (χ1v) is 6.30. The van der Waals surface area contributed by atoms with Crippen molar-refractivity contribution in [1.82, 2.24) is 5.32 Å². The SMILES string of the molecule is c1ccc(COCCCNC2CCC2)cc1. The van der Waals surface area contributed by atoms with Crippen molar-refractivity contribution in [3.05, 3.63) is 35.9 Å². The van der Waals surface area contributed by atoms with Crippen LogP contribution in [0.5, 0.6) is 0 Å². The molecule has 1 fully saturated rings. The van der Waals surface area contributed by atoms with Crippen molar-refractivity contribution in [2.75, 3.05) is 13.2 Å². The van der Waals surface area contributed by atoms with Gasteiger partial charge in [0.05, 0.1) is 6.61 Å². The van der Waals surface area contributed by atoms with Gasteiger partial charge in [0, 0.05) is 12.6 Å². The van der Waals surface area contributed by atoms with Crippen LogP contribution in [0.1, 0.15) is 31.2 Å². The van der Waals surface area contributed by atoms with Crippen LogP contribution in [0, 0.1) is 0 Å². The van der Waals surface area contributed by atoms with E-state index in [0.29, 0.717) is 0 Å². The lowest BCUT2D eigenvalue weighted by Gasteiger charge is -2.26. The summed E-state index contributed by atoms with van der Waals surface area (Å²) < 4.78 is 5.61. The van der Waals surface area contributed by atoms with Gasteiger partial charge in [-0.2, -0.15) is 0 Å². The lowest BCUT2D eigenvalue weighted by atomic mass is 9.93. The summed E-state index contributed by atoms with van der Waals surface area (Å²) in [6.45, 7) is 2.69. The third-order valence-electron chi connectivity index (χ3n) is 3.12. The number of rotatable bonds is 7. The maximum Gasteiger partial charge on any atom is 0.0716 e. The summed E-state index contributed by atoms with van der Waals surface area (Å²) in [5, 5.41) is 3.54. The van der Waals surface area contributed by atoms with Crippen molar-refractivity contribution in [3.63, 3.8) is 0 Å². The Hall–Kier alpha value is -0.860. The minimum atomic E-state index is 0.740. The maximum absolute atomic E-state index is 5.61. The van der Waals surface area contributed by atoms with E-state index in [2.05, 4.69) is 29.6 Å². The molecule has 2 heteroatoms. The standard InChI is InChI=1S/C14H21NO/c1-2-6-13(7-3-1)12-16-11-5-10-15-14-8-4-9-14/h1-3,6-7,14-15H,4-5,8-12H2. The Balaban J connectivity index is 1.45. The first kappa shape index (κ1) is 11.6. The van der Waals surface area contributed by atoms with Gasteiger partial charge in [0.2, 0.25) is 0 Å². The van der Waals surface area contributed by atoms with Crippen LogP contribution in [0.2, 0.25) is 0 Å². The number of benzene rings is 1. The predicted molar refractivity (Wildman–Crippen MR) is 66.4 cm³/mol. The van der Waals surface area contributed by atoms with Gasteiger partial charge in [-0.25, -0.2) is 0 Å². The normalized spacial score (nSPS) is 16.0. The highest BCUT2D eigenvalue weighted by molar-refractivity contribution is 5.13. The molecule has 1 N–H and O–H groups in total. The molecule has 0 aliphatic heterocycles. The molecule has 2 nitrogen and oxygen atoms in total. The van der Waals surface area contributed by atoms with Crippen molar-refractivity contribution in [2.24, 2.45) is 0 Å². The summed E-state index contributed by atoms with van der Waals surface area (Å²) in [5.74, 6) is 0. The second kappa shape index (κ2) is 6.66. The maximum atomic E-state index is 5.61. The Bertz CT molecular complexity index is 282. The van der Waals surface area contributed by atoms with Crippen LogP contribution in [-0.2, 0) is 11.3 Å². The molecule has 0 radical (unpaired) electrons. The Morgan fingerprint density at radius 1 is 1.19 bits per heavy atom. The average Bonchev–Trinajstić information content (AvgIpc) is 2.27. The molecule has 2 rings (SSSR count). The molecule has 1 aliphatic rings. The van der Waals surface area contributed by atoms with Gasteiger partial charge in [-0.1, -0.05) is 36.8 Å². The molecule has 1 saturated carbocycles. The van der Waals surface area contributed by atoms with Crippen LogP contribution in [0.4, 0.5) is 0 Å². The van der Waals surface area contributed by atoms with E-state index in [9.17, 15) is 0 Å². The highest BCUT2D eigenvalue weighted by atomic mass is 16.5. The first-order chi connectivity index (χ1) is 7.95. The fraction of sp³-hybridized carbons (Fsp3) is 0.571. The number of ether oxygens (including phenoxy) is 1. The molecule has 0 heterocycles. The van der Waals surface area contributed by atoms with Gasteiger partial charge < -0.3 is 10.1 Å². The summed E-state index contributed by atoms with van der Waals surface area (Å²) in [4.78, 5) is 0. The van der Waals surface area contributed by atoms with Crippen molar-refractivity contribution in [3.8, 4) is 0 Å². The van der Waals surface area contributed by atoms with Crippen molar-refractivity contribution >= 4 is 0 Å². The fourth-order valence-electron chi connectivity index (χ4n) is 1.86. The average molecular weight is 219 g/mol. The lowest BCUT2D eigenvalue weighted by Crippen LogP contribution is -2.35. The minimum Gasteiger partial charge on any atom is -0.377 e. The van der Waals surface area contributed by atoms with E-state index in [4.69, 9.17) is 4.74 Å². The van der Waals surface area contributed by atoms with Crippen LogP contribution in [0.3, 0.4) is 0 Å². The molecule has 88 valence electrons. The van der Waals surface area contributed by atoms with E-state index in [-0.39, 0.29) is 0 Å². The van der Waals surface area contributed by atoms with E-state index in [1.54, 1.807) is 0 Å². The molecule has 1 aliphatic carbocycles. The molecule has 0 spiro atoms. The van der Waals surface area contributed by atoms with Crippen molar-refractivity contribution in [2.45, 2.75) is 38.3 Å². The second-order valence-electron chi connectivity index (χ2n) is 4.47. The third-order valence-corrected chi connectivity index (χ3v) is 3.12. The summed E-state index contributed by atoms with van der Waals surface area (Å²) in [7, 11) is 0. The summed E-state index contributed by atoms with van der Waals surface area (Å²) >= 11 is 0. The number of nitrogens with one attached hydrogen (secondary N) is 1. The van der Waals surface area contributed by atoms with Crippen molar-refractivity contribution in [1.29, 1.82) is 0 Å². The fourth-order valence-corrected chi connectivity index (χ4v) is 1.86. The van der Waals surface area contributed by atoms with Gasteiger partial charge >= 0.3 is 0 Å². The molecule has 0 atom stereocenters. The highest BCUT2D eigenvalue weighted by Crippen LogP contribution is 2.17. The third kappa shape index (κ3) is 3.95. The molecular formula is C14H21NO. The van der Waals surface area contributed by atoms with Crippen LogP contribution >= 0.6 is 0 Å². The molecule has 0 amide bonds. The van der Waals surface area contributed by atoms with Gasteiger partial charge in [0.15, 0.2) is 0 Å². The van der Waals surface area contributed by atoms with Crippen LogP contribution in [0.25, 0.3) is 0 Å². The molecule has 1 aromatic rings. The zero-order chi connectivity index (χ0) is 11.1. The summed E-state index contributed by atoms with van der Waals surface area (Å²) in [6, 6.07) is 11.1. The quantitative estimate of drug-likeness (QED) is 0.712. The van der Waals surface area contributed by atoms with Crippen LogP contribution < -0.4 is 5.32 Å². The molecule has 1 aromatic carbocycles. The highest BCUT2D eigenvalue weighted by Gasteiger charge is 2.15. The smallest absolute Gasteiger partial charge is 0.0716 e. The van der Waals surface area contributed by atoms with E-state index in [1.807, 2.05) is 6.07 Å². The molecule has 0 aromatic heterocycles. The monoisotopic (exact) mass is 219 g/mol. The topological polar surface area (TPSA) is 21.3 Å². The molecule has 16 heavy (non-hydrogen) atoms. The van der Waals surface area contributed by atoms with Gasteiger partial charge in [-0.05, 0) is 31.4 Å². The predicted octanol–water partition coefficient (Wildman–Crippen LogP) is 2.74. The number of hydrogen-bond donors (Lipinski definition) is 1. The van der Waals surface area contributed by atoms with E-state index in [1.165, 1.54) is 24.8 Å². The number of hydrogen-bond acceptors (Lipinski definition) is 2. The molecule has 0 bridgehead atoms. The Morgan fingerprint density at radius 2 is 2.00 bits per heavy atom. The largest absolute Gasteiger partial charge is 0.377 e. The van der Waals surface area contributed by atoms with E-state index < -0.39 is 0 Å². The summed E-state index contributed by atoms with van der Waals surface area (Å²) in [5.41, 5.74) is 1.26. The molecule has 0 saturated heterocycles. The zero-order valence-corrected chi connectivity index (χ0v) is 9.82. The van der Waals surface area contributed by atoms with E-state index in [0.717, 1.165) is 32.2 Å². The van der Waals surface area contributed by atoms with Gasteiger partial charge in [-0.3, -0.25) is 0 Å². The van der Waals surface area contributed by atoms with Crippen molar-refractivity contribution < 1.29 is 4.74 Å². The Labute approximate surface area is 98.0 Å². The Morgan fingerprint density at radius 3 is 2.69 bits per heavy atom. The molecule has 0 unspecified atom stereocenters. The first-order valence-electron chi connectivity index (χ1n) is 6.30. The Kier molecular flexibility index (Phi) is 4.84. The van der Waals surface area contributed by atoms with E-state index >= 15 is 0 Å². The molecular weight excluding hydrogens is 198 g/mol. The zero-order valence-electron chi connectivity index (χ0n) is 9.82.